The normalized spacial score (nSPS) is 12.6. The molecule has 0 aliphatic carbocycles. The molecular weight excluding hydrogens is 356 g/mol. The molecule has 28 heavy (non-hydrogen) atoms. The van der Waals surface area contributed by atoms with Crippen molar-refractivity contribution >= 4 is 22.2 Å². The lowest BCUT2D eigenvalue weighted by Crippen LogP contribution is -2.04. The van der Waals surface area contributed by atoms with Crippen LogP contribution >= 0.6 is 0 Å². The Kier molecular flexibility index (Phi) is 3.80. The number of benzene rings is 1. The number of aliphatic hydroxyl groups is 1. The Hall–Kier alpha value is -3.72. The third-order valence-electron chi connectivity index (χ3n) is 4.51. The minimum atomic E-state index is -0.708. The van der Waals surface area contributed by atoms with E-state index in [0.717, 1.165) is 22.0 Å². The van der Waals surface area contributed by atoms with E-state index >= 15 is 0 Å². The van der Waals surface area contributed by atoms with E-state index in [0.29, 0.717) is 23.5 Å². The molecule has 5 aromatic rings. The molecule has 0 aliphatic rings. The summed E-state index contributed by atoms with van der Waals surface area (Å²) in [5, 5.41) is 23.2. The summed E-state index contributed by atoms with van der Waals surface area (Å²) in [5.41, 5.74) is 4.50. The highest BCUT2D eigenvalue weighted by atomic mass is 16.3. The van der Waals surface area contributed by atoms with Gasteiger partial charge >= 0.3 is 0 Å². The lowest BCUT2D eigenvalue weighted by Gasteiger charge is -2.05. The smallest absolute Gasteiger partial charge is 0.221 e. The van der Waals surface area contributed by atoms with Gasteiger partial charge in [0, 0.05) is 23.3 Å². The fourth-order valence-electron chi connectivity index (χ4n) is 3.07. The second-order valence-electron chi connectivity index (χ2n) is 6.52. The number of fused-ring (bicyclic) bond motifs is 2. The Bertz CT molecular complexity index is 1290. The van der Waals surface area contributed by atoms with Crippen LogP contribution in [0.25, 0.3) is 33.5 Å². The highest BCUT2D eigenvalue weighted by molar-refractivity contribution is 5.79. The maximum atomic E-state index is 9.64. The zero-order valence-electron chi connectivity index (χ0n) is 15.0. The summed E-state index contributed by atoms with van der Waals surface area (Å²) in [6, 6.07) is 10.0. The molecule has 4 heterocycles. The van der Waals surface area contributed by atoms with Crippen molar-refractivity contribution < 1.29 is 5.11 Å². The lowest BCUT2D eigenvalue weighted by atomic mass is 10.1. The molecule has 0 radical (unpaired) electrons. The van der Waals surface area contributed by atoms with Crippen molar-refractivity contribution in [1.29, 1.82) is 0 Å². The quantitative estimate of drug-likeness (QED) is 0.515. The van der Waals surface area contributed by atoms with Crippen molar-refractivity contribution in [3.63, 3.8) is 0 Å². The van der Waals surface area contributed by atoms with Crippen molar-refractivity contribution in [2.75, 3.05) is 0 Å². The molecule has 1 aromatic carbocycles. The van der Waals surface area contributed by atoms with Gasteiger partial charge in [-0.05, 0) is 30.7 Å². The molecule has 5 rings (SSSR count). The van der Waals surface area contributed by atoms with Crippen LogP contribution in [0, 0.1) is 0 Å². The van der Waals surface area contributed by atoms with Gasteiger partial charge in [-0.3, -0.25) is 4.98 Å². The van der Waals surface area contributed by atoms with Crippen LogP contribution in [0.2, 0.25) is 0 Å². The van der Waals surface area contributed by atoms with Gasteiger partial charge in [-0.1, -0.05) is 17.3 Å². The number of rotatable bonds is 4. The molecular formula is C19H16N8O. The summed E-state index contributed by atoms with van der Waals surface area (Å²) in [7, 11) is 0. The fourth-order valence-corrected chi connectivity index (χ4v) is 3.07. The Morgan fingerprint density at radius 3 is 2.93 bits per heavy atom. The largest absolute Gasteiger partial charge is 0.372 e. The molecule has 0 saturated carbocycles. The number of hydrogen-bond donors (Lipinski definition) is 1. The third kappa shape index (κ3) is 2.87. The van der Waals surface area contributed by atoms with Crippen LogP contribution in [0.3, 0.4) is 0 Å². The molecule has 1 unspecified atom stereocenters. The van der Waals surface area contributed by atoms with E-state index in [9.17, 15) is 5.11 Å². The van der Waals surface area contributed by atoms with Crippen molar-refractivity contribution in [3.8, 4) is 11.3 Å². The molecule has 0 aliphatic heterocycles. The van der Waals surface area contributed by atoms with Crippen molar-refractivity contribution in [3.05, 3.63) is 60.7 Å². The Balaban J connectivity index is 1.52. The van der Waals surface area contributed by atoms with Crippen molar-refractivity contribution in [2.45, 2.75) is 19.7 Å². The molecule has 0 amide bonds. The van der Waals surface area contributed by atoms with Crippen LogP contribution < -0.4 is 0 Å². The summed E-state index contributed by atoms with van der Waals surface area (Å²) in [4.78, 5) is 13.4. The Morgan fingerprint density at radius 2 is 2.07 bits per heavy atom. The van der Waals surface area contributed by atoms with Gasteiger partial charge in [0.05, 0.1) is 30.1 Å². The van der Waals surface area contributed by atoms with E-state index in [-0.39, 0.29) is 0 Å². The standard InChI is InChI=1S/C19H16N8O/c1-12(28)26-11-15(8-22-26)17-9-21-18-19(23-17)27(25-24-18)10-13-4-5-16-14(7-13)3-2-6-20-16/h2-9,11-12,28H,10H2,1H3. The predicted molar refractivity (Wildman–Crippen MR) is 102 cm³/mol. The van der Waals surface area contributed by atoms with Gasteiger partial charge in [-0.25, -0.2) is 19.3 Å². The number of hydrogen-bond acceptors (Lipinski definition) is 7. The molecule has 0 fully saturated rings. The number of aliphatic hydroxyl groups excluding tert-OH is 1. The third-order valence-corrected chi connectivity index (χ3v) is 4.51. The molecule has 1 atom stereocenters. The summed E-state index contributed by atoms with van der Waals surface area (Å²) in [6.07, 6.45) is 6.08. The van der Waals surface area contributed by atoms with E-state index in [1.54, 1.807) is 36.4 Å². The maximum absolute atomic E-state index is 9.64. The van der Waals surface area contributed by atoms with E-state index in [1.165, 1.54) is 4.68 Å². The lowest BCUT2D eigenvalue weighted by molar-refractivity contribution is 0.111. The summed E-state index contributed by atoms with van der Waals surface area (Å²) >= 11 is 0. The van der Waals surface area contributed by atoms with Gasteiger partial charge < -0.3 is 5.11 Å². The van der Waals surface area contributed by atoms with Gasteiger partial charge in [0.1, 0.15) is 6.23 Å². The first-order chi connectivity index (χ1) is 13.7. The minimum absolute atomic E-state index is 0.481. The van der Waals surface area contributed by atoms with Crippen LogP contribution in [0.5, 0.6) is 0 Å². The second-order valence-corrected chi connectivity index (χ2v) is 6.52. The molecule has 9 heteroatoms. The Morgan fingerprint density at radius 1 is 1.14 bits per heavy atom. The molecule has 1 N–H and O–H groups in total. The summed E-state index contributed by atoms with van der Waals surface area (Å²) < 4.78 is 3.18. The summed E-state index contributed by atoms with van der Waals surface area (Å²) in [5.74, 6) is 0. The first-order valence-electron chi connectivity index (χ1n) is 8.80. The minimum Gasteiger partial charge on any atom is -0.372 e. The predicted octanol–water partition coefficient (Wildman–Crippen LogP) is 2.19. The zero-order chi connectivity index (χ0) is 19.1. The first kappa shape index (κ1) is 16.5. The van der Waals surface area contributed by atoms with Gasteiger partial charge in [-0.2, -0.15) is 5.10 Å². The van der Waals surface area contributed by atoms with E-state index in [2.05, 4.69) is 36.4 Å². The van der Waals surface area contributed by atoms with E-state index in [4.69, 9.17) is 0 Å². The van der Waals surface area contributed by atoms with Crippen LogP contribution in [-0.2, 0) is 6.54 Å². The highest BCUT2D eigenvalue weighted by Crippen LogP contribution is 2.20. The SMILES string of the molecule is CC(O)n1cc(-c2cnc3nnn(Cc4ccc5ncccc5c4)c3n2)cn1. The monoisotopic (exact) mass is 372 g/mol. The van der Waals surface area contributed by atoms with Gasteiger partial charge in [0.2, 0.25) is 5.65 Å². The zero-order valence-corrected chi connectivity index (χ0v) is 15.0. The number of pyridine rings is 1. The molecule has 0 saturated heterocycles. The molecule has 0 spiro atoms. The van der Waals surface area contributed by atoms with Crippen molar-refractivity contribution in [1.82, 2.24) is 39.7 Å². The highest BCUT2D eigenvalue weighted by Gasteiger charge is 2.12. The van der Waals surface area contributed by atoms with E-state index < -0.39 is 6.23 Å². The molecule has 4 aromatic heterocycles. The van der Waals surface area contributed by atoms with Gasteiger partial charge in [0.25, 0.3) is 0 Å². The fraction of sp³-hybridized carbons (Fsp3) is 0.158. The second kappa shape index (κ2) is 6.46. The number of aromatic nitrogens is 8. The maximum Gasteiger partial charge on any atom is 0.221 e. The molecule has 0 bridgehead atoms. The summed E-state index contributed by atoms with van der Waals surface area (Å²) in [6.45, 7) is 2.16. The van der Waals surface area contributed by atoms with Crippen molar-refractivity contribution in [2.24, 2.45) is 0 Å². The van der Waals surface area contributed by atoms with Crippen LogP contribution in [0.15, 0.2) is 55.1 Å². The van der Waals surface area contributed by atoms with Gasteiger partial charge in [0.15, 0.2) is 5.65 Å². The topological polar surface area (TPSA) is 107 Å². The number of nitrogens with zero attached hydrogens (tertiary/aromatic N) is 8. The molecule has 138 valence electrons. The van der Waals surface area contributed by atoms with Crippen LogP contribution in [-0.4, -0.2) is 44.8 Å². The van der Waals surface area contributed by atoms with Crippen LogP contribution in [0.4, 0.5) is 0 Å². The Labute approximate surface area is 159 Å². The molecule has 9 nitrogen and oxygen atoms in total. The van der Waals surface area contributed by atoms with Crippen LogP contribution in [0.1, 0.15) is 18.7 Å². The average Bonchev–Trinajstić information content (AvgIpc) is 3.35. The van der Waals surface area contributed by atoms with E-state index in [1.807, 2.05) is 24.3 Å². The first-order valence-corrected chi connectivity index (χ1v) is 8.80. The average molecular weight is 372 g/mol. The van der Waals surface area contributed by atoms with Gasteiger partial charge in [-0.15, -0.1) is 5.10 Å².